The SMILES string of the molecule is CCNCC1(CN2CC(C)CC(C)C2)CCCOC1. The molecule has 0 amide bonds. The summed E-state index contributed by atoms with van der Waals surface area (Å²) in [7, 11) is 0. The van der Waals surface area contributed by atoms with Gasteiger partial charge in [0.1, 0.15) is 0 Å². The molecule has 3 nitrogen and oxygen atoms in total. The molecule has 2 saturated heterocycles. The van der Waals surface area contributed by atoms with Crippen LogP contribution in [0.2, 0.25) is 0 Å². The number of nitrogens with one attached hydrogen (secondary N) is 1. The highest BCUT2D eigenvalue weighted by Gasteiger charge is 2.36. The molecule has 0 radical (unpaired) electrons. The van der Waals surface area contributed by atoms with Crippen molar-refractivity contribution in [1.82, 2.24) is 10.2 Å². The van der Waals surface area contributed by atoms with E-state index in [0.717, 1.165) is 38.1 Å². The van der Waals surface area contributed by atoms with Crippen molar-refractivity contribution in [2.45, 2.75) is 40.0 Å². The molecule has 19 heavy (non-hydrogen) atoms. The fourth-order valence-electron chi connectivity index (χ4n) is 4.02. The molecule has 3 heteroatoms. The first-order chi connectivity index (χ1) is 9.13. The summed E-state index contributed by atoms with van der Waals surface area (Å²) in [6.07, 6.45) is 3.94. The Bertz CT molecular complexity index is 253. The molecule has 112 valence electrons. The van der Waals surface area contributed by atoms with Crippen LogP contribution in [0.25, 0.3) is 0 Å². The minimum Gasteiger partial charge on any atom is -0.381 e. The smallest absolute Gasteiger partial charge is 0.0546 e. The van der Waals surface area contributed by atoms with Gasteiger partial charge in [-0.1, -0.05) is 20.8 Å². The van der Waals surface area contributed by atoms with Crippen molar-refractivity contribution >= 4 is 0 Å². The maximum absolute atomic E-state index is 5.81. The van der Waals surface area contributed by atoms with Crippen LogP contribution in [0.4, 0.5) is 0 Å². The maximum atomic E-state index is 5.81. The van der Waals surface area contributed by atoms with Crippen molar-refractivity contribution in [3.05, 3.63) is 0 Å². The number of hydrogen-bond acceptors (Lipinski definition) is 3. The van der Waals surface area contributed by atoms with E-state index in [0.29, 0.717) is 5.41 Å². The van der Waals surface area contributed by atoms with Crippen molar-refractivity contribution in [1.29, 1.82) is 0 Å². The van der Waals surface area contributed by atoms with Gasteiger partial charge in [0.05, 0.1) is 6.61 Å². The summed E-state index contributed by atoms with van der Waals surface area (Å²) in [5, 5.41) is 3.56. The van der Waals surface area contributed by atoms with Crippen LogP contribution in [-0.4, -0.2) is 50.8 Å². The van der Waals surface area contributed by atoms with E-state index in [2.05, 4.69) is 31.0 Å². The minimum absolute atomic E-state index is 0.352. The van der Waals surface area contributed by atoms with Crippen LogP contribution in [0.5, 0.6) is 0 Å². The summed E-state index contributed by atoms with van der Waals surface area (Å²) < 4.78 is 5.81. The van der Waals surface area contributed by atoms with Gasteiger partial charge in [0.2, 0.25) is 0 Å². The molecule has 0 aromatic carbocycles. The van der Waals surface area contributed by atoms with E-state index in [1.807, 2.05) is 0 Å². The van der Waals surface area contributed by atoms with Crippen molar-refractivity contribution in [2.75, 3.05) is 45.9 Å². The number of nitrogens with zero attached hydrogens (tertiary/aromatic N) is 1. The first kappa shape index (κ1) is 15.3. The molecule has 2 rings (SSSR count). The Labute approximate surface area is 119 Å². The Balaban J connectivity index is 1.94. The van der Waals surface area contributed by atoms with Crippen molar-refractivity contribution in [2.24, 2.45) is 17.3 Å². The molecule has 0 saturated carbocycles. The average Bonchev–Trinajstić information content (AvgIpc) is 2.36. The Morgan fingerprint density at radius 1 is 1.26 bits per heavy atom. The summed E-state index contributed by atoms with van der Waals surface area (Å²) in [5.74, 6) is 1.70. The Morgan fingerprint density at radius 2 is 2.00 bits per heavy atom. The first-order valence-corrected chi connectivity index (χ1v) is 8.14. The van der Waals surface area contributed by atoms with Crippen LogP contribution in [0.3, 0.4) is 0 Å². The fraction of sp³-hybridized carbons (Fsp3) is 1.00. The number of piperidine rings is 1. The molecule has 2 fully saturated rings. The Morgan fingerprint density at radius 3 is 2.58 bits per heavy atom. The molecule has 1 N–H and O–H groups in total. The van der Waals surface area contributed by atoms with E-state index in [1.54, 1.807) is 0 Å². The second-order valence-corrected chi connectivity index (χ2v) is 7.08. The third-order valence-corrected chi connectivity index (χ3v) is 4.66. The van der Waals surface area contributed by atoms with Gasteiger partial charge in [-0.2, -0.15) is 0 Å². The zero-order chi connectivity index (χ0) is 13.7. The quantitative estimate of drug-likeness (QED) is 0.828. The molecule has 0 bridgehead atoms. The van der Waals surface area contributed by atoms with Crippen LogP contribution < -0.4 is 5.32 Å². The molecule has 3 unspecified atom stereocenters. The summed E-state index contributed by atoms with van der Waals surface area (Å²) in [5.41, 5.74) is 0.352. The van der Waals surface area contributed by atoms with Gasteiger partial charge in [0.25, 0.3) is 0 Å². The predicted molar refractivity (Wildman–Crippen MR) is 80.4 cm³/mol. The van der Waals surface area contributed by atoms with Crippen molar-refractivity contribution in [3.63, 3.8) is 0 Å². The van der Waals surface area contributed by atoms with Crippen LogP contribution in [0, 0.1) is 17.3 Å². The van der Waals surface area contributed by atoms with Crippen LogP contribution in [0.1, 0.15) is 40.0 Å². The van der Waals surface area contributed by atoms with Crippen molar-refractivity contribution in [3.8, 4) is 0 Å². The second-order valence-electron chi connectivity index (χ2n) is 7.08. The molecule has 0 spiro atoms. The minimum atomic E-state index is 0.352. The summed E-state index contributed by atoms with van der Waals surface area (Å²) >= 11 is 0. The summed E-state index contributed by atoms with van der Waals surface area (Å²) in [6, 6.07) is 0. The Hall–Kier alpha value is -0.120. The molecule has 2 heterocycles. The molecule has 0 aliphatic carbocycles. The van der Waals surface area contributed by atoms with E-state index in [-0.39, 0.29) is 0 Å². The molecule has 3 atom stereocenters. The van der Waals surface area contributed by atoms with E-state index >= 15 is 0 Å². The van der Waals surface area contributed by atoms with E-state index in [4.69, 9.17) is 4.74 Å². The summed E-state index contributed by atoms with van der Waals surface area (Å²) in [4.78, 5) is 2.70. The fourth-order valence-corrected chi connectivity index (χ4v) is 4.02. The molecule has 0 aromatic heterocycles. The predicted octanol–water partition coefficient (Wildman–Crippen LogP) is 2.37. The van der Waals surface area contributed by atoms with E-state index < -0.39 is 0 Å². The van der Waals surface area contributed by atoms with Gasteiger partial charge in [-0.05, 0) is 37.6 Å². The average molecular weight is 268 g/mol. The maximum Gasteiger partial charge on any atom is 0.0546 e. The van der Waals surface area contributed by atoms with Crippen LogP contribution >= 0.6 is 0 Å². The summed E-state index contributed by atoms with van der Waals surface area (Å²) in [6.45, 7) is 14.8. The van der Waals surface area contributed by atoms with Gasteiger partial charge in [0.15, 0.2) is 0 Å². The van der Waals surface area contributed by atoms with Gasteiger partial charge < -0.3 is 15.0 Å². The molecule has 2 aliphatic rings. The number of hydrogen-bond donors (Lipinski definition) is 1. The normalized spacial score (nSPS) is 37.4. The van der Waals surface area contributed by atoms with Gasteiger partial charge in [-0.3, -0.25) is 0 Å². The number of rotatable bonds is 5. The zero-order valence-corrected chi connectivity index (χ0v) is 13.1. The van der Waals surface area contributed by atoms with Gasteiger partial charge in [-0.25, -0.2) is 0 Å². The lowest BCUT2D eigenvalue weighted by Crippen LogP contribution is -2.51. The van der Waals surface area contributed by atoms with Crippen molar-refractivity contribution < 1.29 is 4.74 Å². The van der Waals surface area contributed by atoms with Crippen LogP contribution in [-0.2, 0) is 4.74 Å². The number of ether oxygens (including phenoxy) is 1. The van der Waals surface area contributed by atoms with Gasteiger partial charge in [0, 0.05) is 38.2 Å². The number of likely N-dealkylation sites (tertiary alicyclic amines) is 1. The van der Waals surface area contributed by atoms with E-state index in [9.17, 15) is 0 Å². The topological polar surface area (TPSA) is 24.5 Å². The third kappa shape index (κ3) is 4.44. The highest BCUT2D eigenvalue weighted by Crippen LogP contribution is 2.31. The lowest BCUT2D eigenvalue weighted by molar-refractivity contribution is -0.0349. The largest absolute Gasteiger partial charge is 0.381 e. The first-order valence-electron chi connectivity index (χ1n) is 8.14. The standard InChI is InChI=1S/C16H32N2O/c1-4-17-11-16(6-5-7-19-13-16)12-18-9-14(2)8-15(3)10-18/h14-15,17H,4-13H2,1-3H3. The highest BCUT2D eigenvalue weighted by molar-refractivity contribution is 4.89. The van der Waals surface area contributed by atoms with Gasteiger partial charge in [-0.15, -0.1) is 0 Å². The second kappa shape index (κ2) is 7.05. The molecule has 2 aliphatic heterocycles. The van der Waals surface area contributed by atoms with E-state index in [1.165, 1.54) is 38.9 Å². The third-order valence-electron chi connectivity index (χ3n) is 4.66. The molecular formula is C16H32N2O. The molecule has 0 aromatic rings. The van der Waals surface area contributed by atoms with Crippen LogP contribution in [0.15, 0.2) is 0 Å². The lowest BCUT2D eigenvalue weighted by atomic mass is 9.80. The Kier molecular flexibility index (Phi) is 5.67. The monoisotopic (exact) mass is 268 g/mol. The zero-order valence-electron chi connectivity index (χ0n) is 13.1. The van der Waals surface area contributed by atoms with Gasteiger partial charge >= 0.3 is 0 Å². The lowest BCUT2D eigenvalue weighted by Gasteiger charge is -2.44. The highest BCUT2D eigenvalue weighted by atomic mass is 16.5. The molecular weight excluding hydrogens is 236 g/mol.